The minimum Gasteiger partial charge on any atom is -0.481 e. The molecule has 0 heterocycles. The molecule has 24 heavy (non-hydrogen) atoms. The monoisotopic (exact) mass is 338 g/mol. The first kappa shape index (κ1) is 19.4. The summed E-state index contributed by atoms with van der Waals surface area (Å²) in [6.07, 6.45) is 3.94. The van der Waals surface area contributed by atoms with Gasteiger partial charge in [0.1, 0.15) is 6.10 Å². The Labute approximate surface area is 146 Å². The summed E-state index contributed by atoms with van der Waals surface area (Å²) in [6, 6.07) is 0. The number of hydrogen-bond donors (Lipinski definition) is 2. The number of fused-ring (bicyclic) bond motifs is 1. The molecule has 2 rings (SSSR count). The van der Waals surface area contributed by atoms with E-state index in [1.54, 1.807) is 0 Å². The molecular weight excluding hydrogens is 304 g/mol. The number of hydrogen-bond acceptors (Lipinski definition) is 3. The van der Waals surface area contributed by atoms with E-state index in [0.717, 1.165) is 25.7 Å². The van der Waals surface area contributed by atoms with Gasteiger partial charge >= 0.3 is 5.97 Å². The summed E-state index contributed by atoms with van der Waals surface area (Å²) in [5.74, 6) is 0.168. The lowest BCUT2D eigenvalue weighted by Gasteiger charge is -2.60. The maximum Gasteiger partial charge on any atom is 0.303 e. The van der Waals surface area contributed by atoms with Gasteiger partial charge in [0.25, 0.3) is 0 Å². The third kappa shape index (κ3) is 3.26. The highest BCUT2D eigenvalue weighted by Gasteiger charge is 2.58. The Morgan fingerprint density at radius 2 is 1.96 bits per heavy atom. The zero-order valence-corrected chi connectivity index (χ0v) is 15.8. The van der Waals surface area contributed by atoms with Crippen molar-refractivity contribution in [2.24, 2.45) is 34.5 Å². The average Bonchev–Trinajstić information content (AvgIpc) is 2.50. The molecule has 7 atom stereocenters. The van der Waals surface area contributed by atoms with Crippen molar-refractivity contribution in [3.63, 3.8) is 0 Å². The molecule has 4 heteroatoms. The van der Waals surface area contributed by atoms with E-state index >= 15 is 0 Å². The largest absolute Gasteiger partial charge is 0.481 e. The standard InChI is InChI=1S/C20H34O4/c1-12(10-17(22)23)6-8-19(4)13(2)7-9-20(5)14(3)18(24)15(21)11-16(19)20/h12-16,21H,6-11H2,1-5H3,(H,22,23)/t12-,13-,14+,15+,16-,19+,20-/m1/s1. The quantitative estimate of drug-likeness (QED) is 0.797. The molecule has 0 radical (unpaired) electrons. The van der Waals surface area contributed by atoms with Crippen LogP contribution in [0.1, 0.15) is 73.1 Å². The van der Waals surface area contributed by atoms with Crippen molar-refractivity contribution in [3.05, 3.63) is 0 Å². The van der Waals surface area contributed by atoms with E-state index in [2.05, 4.69) is 20.8 Å². The van der Waals surface area contributed by atoms with Gasteiger partial charge in [0.2, 0.25) is 0 Å². The number of ketones is 1. The van der Waals surface area contributed by atoms with Gasteiger partial charge in [-0.3, -0.25) is 9.59 Å². The second kappa shape index (κ2) is 6.78. The molecule has 2 N–H and O–H groups in total. The van der Waals surface area contributed by atoms with Gasteiger partial charge in [-0.05, 0) is 60.7 Å². The minimum atomic E-state index is -0.834. The molecule has 4 nitrogen and oxygen atoms in total. The summed E-state index contributed by atoms with van der Waals surface area (Å²) < 4.78 is 0. The first-order valence-corrected chi connectivity index (χ1v) is 9.46. The van der Waals surface area contributed by atoms with Crippen molar-refractivity contribution in [3.8, 4) is 0 Å². The molecule has 2 fully saturated rings. The predicted octanol–water partition coefficient (Wildman–Crippen LogP) is 3.91. The van der Waals surface area contributed by atoms with Crippen molar-refractivity contribution in [1.82, 2.24) is 0 Å². The van der Waals surface area contributed by atoms with E-state index in [4.69, 9.17) is 5.11 Å². The minimum absolute atomic E-state index is 0.00454. The number of rotatable bonds is 5. The highest BCUT2D eigenvalue weighted by atomic mass is 16.4. The molecule has 0 bridgehead atoms. The smallest absolute Gasteiger partial charge is 0.303 e. The number of aliphatic carboxylic acids is 1. The maximum atomic E-state index is 12.3. The van der Waals surface area contributed by atoms with Crippen molar-refractivity contribution in [2.45, 2.75) is 79.2 Å². The van der Waals surface area contributed by atoms with Crippen LogP contribution in [-0.2, 0) is 9.59 Å². The number of aliphatic hydroxyl groups is 1. The Morgan fingerprint density at radius 1 is 1.33 bits per heavy atom. The number of carbonyl (C=O) groups is 2. The van der Waals surface area contributed by atoms with Crippen LogP contribution >= 0.6 is 0 Å². The lowest BCUT2D eigenvalue weighted by Crippen LogP contribution is -2.58. The van der Waals surface area contributed by atoms with Crippen LogP contribution in [0.4, 0.5) is 0 Å². The van der Waals surface area contributed by atoms with Gasteiger partial charge in [-0.25, -0.2) is 0 Å². The second-order valence-corrected chi connectivity index (χ2v) is 9.12. The van der Waals surface area contributed by atoms with E-state index in [1.165, 1.54) is 0 Å². The van der Waals surface area contributed by atoms with Gasteiger partial charge in [-0.15, -0.1) is 0 Å². The van der Waals surface area contributed by atoms with Crippen LogP contribution in [0, 0.1) is 34.5 Å². The number of carboxylic acids is 1. The Kier molecular flexibility index (Phi) is 5.49. The maximum absolute atomic E-state index is 12.3. The normalized spacial score (nSPS) is 44.0. The zero-order chi connectivity index (χ0) is 18.3. The molecule has 0 spiro atoms. The van der Waals surface area contributed by atoms with Crippen LogP contribution in [0.3, 0.4) is 0 Å². The summed E-state index contributed by atoms with van der Waals surface area (Å²) in [7, 11) is 0. The van der Waals surface area contributed by atoms with Crippen molar-refractivity contribution in [1.29, 1.82) is 0 Å². The Hall–Kier alpha value is -0.900. The average molecular weight is 338 g/mol. The molecule has 2 aliphatic rings. The van der Waals surface area contributed by atoms with Crippen LogP contribution in [0.25, 0.3) is 0 Å². The molecule has 138 valence electrons. The SMILES string of the molecule is C[C@H](CC[C@]1(C)[C@H]2C[C@H](O)C(=O)[C@H](C)[C@@]2(C)CC[C@H]1C)CC(=O)O. The second-order valence-electron chi connectivity index (χ2n) is 9.12. The summed E-state index contributed by atoms with van der Waals surface area (Å²) in [5, 5.41) is 19.3. The first-order valence-electron chi connectivity index (χ1n) is 9.46. The van der Waals surface area contributed by atoms with Crippen molar-refractivity contribution in [2.75, 3.05) is 0 Å². The number of aliphatic hydroxyl groups excluding tert-OH is 1. The van der Waals surface area contributed by atoms with E-state index in [0.29, 0.717) is 18.3 Å². The molecule has 0 aromatic heterocycles. The van der Waals surface area contributed by atoms with E-state index in [9.17, 15) is 14.7 Å². The number of Topliss-reactive ketones (excluding diaryl/α,β-unsaturated/α-hetero) is 1. The molecule has 0 amide bonds. The lowest BCUT2D eigenvalue weighted by molar-refractivity contribution is -0.165. The summed E-state index contributed by atoms with van der Waals surface area (Å²) in [4.78, 5) is 23.3. The molecule has 0 saturated heterocycles. The van der Waals surface area contributed by atoms with Crippen LogP contribution in [-0.4, -0.2) is 28.1 Å². The first-order chi connectivity index (χ1) is 11.0. The summed E-state index contributed by atoms with van der Waals surface area (Å²) in [6.45, 7) is 10.8. The van der Waals surface area contributed by atoms with Crippen molar-refractivity contribution < 1.29 is 19.8 Å². The highest BCUT2D eigenvalue weighted by Crippen LogP contribution is 2.62. The highest BCUT2D eigenvalue weighted by molar-refractivity contribution is 5.86. The molecular formula is C20H34O4. The molecule has 0 unspecified atom stereocenters. The van der Waals surface area contributed by atoms with Crippen LogP contribution < -0.4 is 0 Å². The Bertz CT molecular complexity index is 502. The molecule has 0 aliphatic heterocycles. The summed E-state index contributed by atoms with van der Waals surface area (Å²) in [5.41, 5.74) is 0.00329. The van der Waals surface area contributed by atoms with E-state index in [-0.39, 0.29) is 34.9 Å². The molecule has 0 aromatic rings. The predicted molar refractivity (Wildman–Crippen MR) is 93.5 cm³/mol. The van der Waals surface area contributed by atoms with E-state index in [1.807, 2.05) is 13.8 Å². The van der Waals surface area contributed by atoms with Gasteiger partial charge in [0.05, 0.1) is 0 Å². The fourth-order valence-corrected chi connectivity index (χ4v) is 5.52. The van der Waals surface area contributed by atoms with Gasteiger partial charge in [0.15, 0.2) is 5.78 Å². The Morgan fingerprint density at radius 3 is 2.54 bits per heavy atom. The zero-order valence-electron chi connectivity index (χ0n) is 15.8. The molecule has 2 saturated carbocycles. The third-order valence-electron chi connectivity index (χ3n) is 7.74. The number of carbonyl (C=O) groups excluding carboxylic acids is 1. The molecule has 0 aromatic carbocycles. The van der Waals surface area contributed by atoms with Crippen molar-refractivity contribution >= 4 is 11.8 Å². The van der Waals surface area contributed by atoms with Gasteiger partial charge in [-0.1, -0.05) is 34.6 Å². The molecule has 2 aliphatic carbocycles. The van der Waals surface area contributed by atoms with Crippen LogP contribution in [0.2, 0.25) is 0 Å². The van der Waals surface area contributed by atoms with Gasteiger partial charge in [0, 0.05) is 12.3 Å². The topological polar surface area (TPSA) is 74.6 Å². The van der Waals surface area contributed by atoms with Crippen LogP contribution in [0.5, 0.6) is 0 Å². The van der Waals surface area contributed by atoms with E-state index < -0.39 is 12.1 Å². The van der Waals surface area contributed by atoms with Gasteiger partial charge < -0.3 is 10.2 Å². The fourth-order valence-electron chi connectivity index (χ4n) is 5.52. The fraction of sp³-hybridized carbons (Fsp3) is 0.900. The summed E-state index contributed by atoms with van der Waals surface area (Å²) >= 11 is 0. The van der Waals surface area contributed by atoms with Gasteiger partial charge in [-0.2, -0.15) is 0 Å². The third-order valence-corrected chi connectivity index (χ3v) is 7.74. The van der Waals surface area contributed by atoms with Crippen LogP contribution in [0.15, 0.2) is 0 Å². The number of carboxylic acid groups (broad SMARTS) is 1. The Balaban J connectivity index is 2.22. The lowest BCUT2D eigenvalue weighted by atomic mass is 9.44.